The summed E-state index contributed by atoms with van der Waals surface area (Å²) in [5, 5.41) is 16.1. The van der Waals surface area contributed by atoms with Crippen molar-refractivity contribution < 1.29 is 14.3 Å². The number of likely N-dealkylation sites (tertiary alicyclic amines) is 1. The SMILES string of the molecule is NC(=O)C1CCN(C(c2cccc(Cl)c2)c2sc3nc(-c4ccco4)nn3c2O)CC1. The van der Waals surface area contributed by atoms with Gasteiger partial charge in [-0.25, -0.2) is 0 Å². The Morgan fingerprint density at radius 1 is 1.29 bits per heavy atom. The Kier molecular flexibility index (Phi) is 5.17. The van der Waals surface area contributed by atoms with Crippen LogP contribution in [0.1, 0.15) is 29.3 Å². The Morgan fingerprint density at radius 3 is 2.74 bits per heavy atom. The fraction of sp³-hybridized carbons (Fsp3) is 0.286. The molecule has 5 rings (SSSR count). The van der Waals surface area contributed by atoms with Crippen molar-refractivity contribution in [2.75, 3.05) is 13.1 Å². The summed E-state index contributed by atoms with van der Waals surface area (Å²) in [4.78, 5) is 19.7. The van der Waals surface area contributed by atoms with E-state index in [1.54, 1.807) is 18.4 Å². The fourth-order valence-corrected chi connectivity index (χ4v) is 5.40. The molecule has 1 atom stereocenters. The zero-order chi connectivity index (χ0) is 21.5. The monoisotopic (exact) mass is 457 g/mol. The molecule has 0 spiro atoms. The molecular weight excluding hydrogens is 438 g/mol. The Bertz CT molecular complexity index is 1230. The van der Waals surface area contributed by atoms with Gasteiger partial charge in [0, 0.05) is 10.9 Å². The van der Waals surface area contributed by atoms with Gasteiger partial charge < -0.3 is 15.3 Å². The molecular formula is C21H20ClN5O3S. The van der Waals surface area contributed by atoms with Crippen molar-refractivity contribution in [1.82, 2.24) is 19.5 Å². The van der Waals surface area contributed by atoms with Crippen molar-refractivity contribution >= 4 is 33.8 Å². The number of nitrogens with two attached hydrogens (primary N) is 1. The average molecular weight is 458 g/mol. The van der Waals surface area contributed by atoms with Crippen LogP contribution in [0.5, 0.6) is 5.88 Å². The number of thiazole rings is 1. The second kappa shape index (κ2) is 7.99. The number of aromatic hydroxyl groups is 1. The first-order chi connectivity index (χ1) is 15.0. The highest BCUT2D eigenvalue weighted by Crippen LogP contribution is 2.42. The minimum Gasteiger partial charge on any atom is -0.492 e. The van der Waals surface area contributed by atoms with Crippen molar-refractivity contribution in [2.45, 2.75) is 18.9 Å². The van der Waals surface area contributed by atoms with Crippen LogP contribution in [0.15, 0.2) is 47.1 Å². The number of fused-ring (bicyclic) bond motifs is 1. The summed E-state index contributed by atoms with van der Waals surface area (Å²) in [5.41, 5.74) is 6.46. The van der Waals surface area contributed by atoms with Crippen LogP contribution in [0.25, 0.3) is 16.5 Å². The number of piperidine rings is 1. The lowest BCUT2D eigenvalue weighted by Crippen LogP contribution is -2.40. The number of hydrogen-bond acceptors (Lipinski definition) is 7. The van der Waals surface area contributed by atoms with Gasteiger partial charge in [0.2, 0.25) is 22.6 Å². The van der Waals surface area contributed by atoms with Gasteiger partial charge in [0.1, 0.15) is 0 Å². The van der Waals surface area contributed by atoms with Crippen LogP contribution >= 0.6 is 22.9 Å². The summed E-state index contributed by atoms with van der Waals surface area (Å²) in [5.74, 6) is 0.609. The van der Waals surface area contributed by atoms with E-state index in [9.17, 15) is 9.90 Å². The van der Waals surface area contributed by atoms with E-state index in [1.807, 2.05) is 24.3 Å². The molecule has 31 heavy (non-hydrogen) atoms. The lowest BCUT2D eigenvalue weighted by molar-refractivity contribution is -0.123. The molecule has 3 N–H and O–H groups in total. The smallest absolute Gasteiger partial charge is 0.230 e. The second-order valence-electron chi connectivity index (χ2n) is 7.57. The summed E-state index contributed by atoms with van der Waals surface area (Å²) in [6.45, 7) is 1.35. The second-order valence-corrected chi connectivity index (χ2v) is 9.01. The first-order valence-electron chi connectivity index (χ1n) is 9.92. The molecule has 1 unspecified atom stereocenters. The van der Waals surface area contributed by atoms with Gasteiger partial charge in [-0.05, 0) is 55.8 Å². The van der Waals surface area contributed by atoms with Crippen LogP contribution in [-0.2, 0) is 4.79 Å². The largest absolute Gasteiger partial charge is 0.492 e. The lowest BCUT2D eigenvalue weighted by Gasteiger charge is -2.36. The number of amides is 1. The number of halogens is 1. The molecule has 0 bridgehead atoms. The number of nitrogens with zero attached hydrogens (tertiary/aromatic N) is 4. The first kappa shape index (κ1) is 20.0. The lowest BCUT2D eigenvalue weighted by atomic mass is 9.93. The number of aromatic nitrogens is 3. The van der Waals surface area contributed by atoms with Gasteiger partial charge in [0.25, 0.3) is 0 Å². The predicted octanol–water partition coefficient (Wildman–Crippen LogP) is 3.70. The molecule has 1 aliphatic rings. The molecule has 1 aliphatic heterocycles. The molecule has 0 radical (unpaired) electrons. The van der Waals surface area contributed by atoms with Crippen molar-refractivity contribution in [3.8, 4) is 17.5 Å². The molecule has 0 saturated carbocycles. The van der Waals surface area contributed by atoms with Gasteiger partial charge in [-0.15, -0.1) is 5.10 Å². The van der Waals surface area contributed by atoms with Crippen molar-refractivity contribution in [3.63, 3.8) is 0 Å². The molecule has 1 amide bonds. The highest BCUT2D eigenvalue weighted by molar-refractivity contribution is 7.17. The van der Waals surface area contributed by atoms with Crippen LogP contribution in [0.3, 0.4) is 0 Å². The zero-order valence-electron chi connectivity index (χ0n) is 16.4. The predicted molar refractivity (Wildman–Crippen MR) is 117 cm³/mol. The minimum absolute atomic E-state index is 0.0345. The van der Waals surface area contributed by atoms with Crippen LogP contribution < -0.4 is 5.73 Å². The fourth-order valence-electron chi connectivity index (χ4n) is 4.09. The molecule has 3 aromatic heterocycles. The van der Waals surface area contributed by atoms with Crippen LogP contribution in [-0.4, -0.2) is 43.6 Å². The number of carbonyl (C=O) groups excluding carboxylic acids is 1. The molecule has 1 fully saturated rings. The van der Waals surface area contributed by atoms with E-state index < -0.39 is 0 Å². The highest BCUT2D eigenvalue weighted by Gasteiger charge is 2.33. The maximum absolute atomic E-state index is 11.6. The van der Waals surface area contributed by atoms with Gasteiger partial charge in [0.15, 0.2) is 5.76 Å². The van der Waals surface area contributed by atoms with E-state index in [2.05, 4.69) is 15.0 Å². The van der Waals surface area contributed by atoms with E-state index in [0.29, 0.717) is 47.5 Å². The minimum atomic E-state index is -0.258. The molecule has 10 heteroatoms. The van der Waals surface area contributed by atoms with E-state index in [4.69, 9.17) is 21.8 Å². The maximum Gasteiger partial charge on any atom is 0.230 e. The third kappa shape index (κ3) is 3.69. The molecule has 1 aromatic carbocycles. The summed E-state index contributed by atoms with van der Waals surface area (Å²) in [6.07, 6.45) is 2.91. The normalized spacial score (nSPS) is 16.7. The molecule has 4 heterocycles. The number of benzene rings is 1. The number of rotatable bonds is 5. The third-order valence-electron chi connectivity index (χ3n) is 5.65. The first-order valence-corrected chi connectivity index (χ1v) is 11.1. The van der Waals surface area contributed by atoms with Gasteiger partial charge >= 0.3 is 0 Å². The Labute approximate surface area is 186 Å². The molecule has 1 saturated heterocycles. The van der Waals surface area contributed by atoms with Crippen molar-refractivity contribution in [2.24, 2.45) is 11.7 Å². The Hall–Kier alpha value is -2.88. The number of primary amides is 1. The van der Waals surface area contributed by atoms with Crippen molar-refractivity contribution in [1.29, 1.82) is 0 Å². The highest BCUT2D eigenvalue weighted by atomic mass is 35.5. The van der Waals surface area contributed by atoms with E-state index in [0.717, 1.165) is 10.4 Å². The number of carbonyl (C=O) groups is 1. The number of furan rings is 1. The topological polar surface area (TPSA) is 110 Å². The maximum atomic E-state index is 11.6. The van der Waals surface area contributed by atoms with E-state index in [1.165, 1.54) is 15.9 Å². The van der Waals surface area contributed by atoms with E-state index >= 15 is 0 Å². The molecule has 4 aromatic rings. The quantitative estimate of drug-likeness (QED) is 0.473. The summed E-state index contributed by atoms with van der Waals surface area (Å²) < 4.78 is 6.80. The van der Waals surface area contributed by atoms with Gasteiger partial charge in [-0.3, -0.25) is 9.69 Å². The Morgan fingerprint density at radius 2 is 2.10 bits per heavy atom. The van der Waals surface area contributed by atoms with Gasteiger partial charge in [-0.1, -0.05) is 35.1 Å². The van der Waals surface area contributed by atoms with Gasteiger partial charge in [-0.2, -0.15) is 9.50 Å². The zero-order valence-corrected chi connectivity index (χ0v) is 18.0. The summed E-state index contributed by atoms with van der Waals surface area (Å²) in [6, 6.07) is 10.9. The number of hydrogen-bond donors (Lipinski definition) is 2. The van der Waals surface area contributed by atoms with E-state index in [-0.39, 0.29) is 23.7 Å². The van der Waals surface area contributed by atoms with Crippen molar-refractivity contribution in [3.05, 3.63) is 58.1 Å². The summed E-state index contributed by atoms with van der Waals surface area (Å²) in [7, 11) is 0. The Balaban J connectivity index is 1.55. The summed E-state index contributed by atoms with van der Waals surface area (Å²) >= 11 is 7.65. The van der Waals surface area contributed by atoms with Crippen LogP contribution in [0.4, 0.5) is 0 Å². The van der Waals surface area contributed by atoms with Crippen LogP contribution in [0.2, 0.25) is 5.02 Å². The molecule has 160 valence electrons. The standard InChI is InChI=1S/C21H20ClN5O3S/c22-14-4-1-3-13(11-14)16(26-8-6-12(7-9-26)18(23)28)17-20(29)27-21(31-17)24-19(25-27)15-5-2-10-30-15/h1-5,10-12,16,29H,6-9H2,(H2,23,28). The molecule has 8 nitrogen and oxygen atoms in total. The molecule has 0 aliphatic carbocycles. The van der Waals surface area contributed by atoms with Gasteiger partial charge in [0.05, 0.1) is 17.2 Å². The average Bonchev–Trinajstić information content (AvgIpc) is 3.48. The third-order valence-corrected chi connectivity index (χ3v) is 6.96. The van der Waals surface area contributed by atoms with Crippen LogP contribution in [0, 0.1) is 5.92 Å².